The summed E-state index contributed by atoms with van der Waals surface area (Å²) < 4.78 is 6.98. The highest BCUT2D eigenvalue weighted by atomic mass is 16.5. The third-order valence-electron chi connectivity index (χ3n) is 6.58. The number of esters is 1. The van der Waals surface area contributed by atoms with Crippen LogP contribution in [0.25, 0.3) is 0 Å². The number of carbonyl (C=O) groups is 1. The smallest absolute Gasteiger partial charge is 0.309 e. The summed E-state index contributed by atoms with van der Waals surface area (Å²) >= 11 is 0. The Labute approximate surface area is 184 Å². The molecule has 1 unspecified atom stereocenters. The third kappa shape index (κ3) is 6.37. The van der Waals surface area contributed by atoms with Crippen molar-refractivity contribution in [1.29, 1.82) is 0 Å². The fourth-order valence-electron chi connectivity index (χ4n) is 4.78. The Balaban J connectivity index is 1.17. The highest BCUT2D eigenvalue weighted by Gasteiger charge is 2.24. The maximum atomic E-state index is 12.1. The first-order valence-electron chi connectivity index (χ1n) is 11.7. The minimum atomic E-state index is -0.774. The van der Waals surface area contributed by atoms with E-state index in [1.807, 2.05) is 6.20 Å². The SMILES string of the molecule is O=C(OCC(O)Cn1cc(CN2CCC(c3ccccc3)CC2)nn1)C1CCCCC1. The standard InChI is InChI=1S/C24H34N4O3/c29-23(18-31-24(30)21-9-5-2-6-10-21)17-28-16-22(25-26-28)15-27-13-11-20(12-14-27)19-7-3-1-4-8-19/h1,3-4,7-8,16,20-21,23,29H,2,5-6,9-15,17-18H2. The number of carbonyl (C=O) groups excluding carboxylic acids is 1. The Morgan fingerprint density at radius 2 is 1.84 bits per heavy atom. The number of aliphatic hydroxyl groups is 1. The summed E-state index contributed by atoms with van der Waals surface area (Å²) in [5.41, 5.74) is 2.34. The fourth-order valence-corrected chi connectivity index (χ4v) is 4.78. The van der Waals surface area contributed by atoms with E-state index in [0.29, 0.717) is 5.92 Å². The maximum absolute atomic E-state index is 12.1. The lowest BCUT2D eigenvalue weighted by Crippen LogP contribution is -2.32. The van der Waals surface area contributed by atoms with Gasteiger partial charge in [0, 0.05) is 12.7 Å². The fraction of sp³-hybridized carbons (Fsp3) is 0.625. The van der Waals surface area contributed by atoms with Crippen molar-refractivity contribution in [3.8, 4) is 0 Å². The van der Waals surface area contributed by atoms with Crippen molar-refractivity contribution in [2.75, 3.05) is 19.7 Å². The molecule has 1 saturated heterocycles. The van der Waals surface area contributed by atoms with Crippen molar-refractivity contribution < 1.29 is 14.6 Å². The van der Waals surface area contributed by atoms with Crippen LogP contribution in [-0.2, 0) is 22.6 Å². The van der Waals surface area contributed by atoms with Crippen LogP contribution in [0.5, 0.6) is 0 Å². The summed E-state index contributed by atoms with van der Waals surface area (Å²) in [6, 6.07) is 10.8. The molecule has 1 aromatic carbocycles. The molecule has 1 aliphatic carbocycles. The van der Waals surface area contributed by atoms with E-state index in [-0.39, 0.29) is 25.0 Å². The van der Waals surface area contributed by atoms with Gasteiger partial charge in [0.25, 0.3) is 0 Å². The van der Waals surface area contributed by atoms with Gasteiger partial charge in [0.05, 0.1) is 18.2 Å². The number of rotatable bonds is 8. The minimum Gasteiger partial charge on any atom is -0.463 e. The van der Waals surface area contributed by atoms with Crippen molar-refractivity contribution in [1.82, 2.24) is 19.9 Å². The number of hydrogen-bond acceptors (Lipinski definition) is 6. The molecule has 7 heteroatoms. The van der Waals surface area contributed by atoms with Gasteiger partial charge < -0.3 is 9.84 Å². The lowest BCUT2D eigenvalue weighted by atomic mass is 9.89. The van der Waals surface area contributed by atoms with Gasteiger partial charge in [-0.15, -0.1) is 5.10 Å². The molecule has 0 spiro atoms. The Morgan fingerprint density at radius 3 is 2.58 bits per heavy atom. The van der Waals surface area contributed by atoms with E-state index in [4.69, 9.17) is 4.74 Å². The van der Waals surface area contributed by atoms with Gasteiger partial charge in [-0.3, -0.25) is 9.69 Å². The number of ether oxygens (including phenoxy) is 1. The van der Waals surface area contributed by atoms with E-state index in [9.17, 15) is 9.90 Å². The minimum absolute atomic E-state index is 0.00459. The van der Waals surface area contributed by atoms with Crippen LogP contribution in [0.1, 0.15) is 62.1 Å². The molecule has 0 radical (unpaired) electrons. The van der Waals surface area contributed by atoms with E-state index in [0.717, 1.165) is 63.9 Å². The zero-order valence-electron chi connectivity index (χ0n) is 18.2. The molecule has 2 aliphatic rings. The first-order valence-corrected chi connectivity index (χ1v) is 11.7. The Hall–Kier alpha value is -2.25. The van der Waals surface area contributed by atoms with Crippen LogP contribution in [0.15, 0.2) is 36.5 Å². The van der Waals surface area contributed by atoms with Crippen LogP contribution in [0.3, 0.4) is 0 Å². The average Bonchev–Trinajstić information content (AvgIpc) is 3.25. The van der Waals surface area contributed by atoms with Crippen LogP contribution in [0, 0.1) is 5.92 Å². The molecule has 1 aromatic heterocycles. The zero-order valence-corrected chi connectivity index (χ0v) is 18.2. The maximum Gasteiger partial charge on any atom is 0.309 e. The van der Waals surface area contributed by atoms with Crippen LogP contribution in [-0.4, -0.2) is 56.8 Å². The Morgan fingerprint density at radius 1 is 1.10 bits per heavy atom. The van der Waals surface area contributed by atoms with Crippen molar-refractivity contribution in [3.63, 3.8) is 0 Å². The highest BCUT2D eigenvalue weighted by Crippen LogP contribution is 2.28. The molecule has 31 heavy (non-hydrogen) atoms. The van der Waals surface area contributed by atoms with Crippen molar-refractivity contribution in [3.05, 3.63) is 47.8 Å². The lowest BCUT2D eigenvalue weighted by Gasteiger charge is -2.31. The summed E-state index contributed by atoms with van der Waals surface area (Å²) in [7, 11) is 0. The van der Waals surface area contributed by atoms with E-state index in [2.05, 4.69) is 45.5 Å². The Bertz CT molecular complexity index is 811. The molecule has 1 atom stereocenters. The summed E-state index contributed by atoms with van der Waals surface area (Å²) in [6.45, 7) is 3.16. The van der Waals surface area contributed by atoms with Gasteiger partial charge in [0.2, 0.25) is 0 Å². The molecule has 2 heterocycles. The largest absolute Gasteiger partial charge is 0.463 e. The molecule has 4 rings (SSSR count). The molecule has 1 N–H and O–H groups in total. The van der Waals surface area contributed by atoms with E-state index < -0.39 is 6.10 Å². The van der Waals surface area contributed by atoms with Gasteiger partial charge in [0.1, 0.15) is 12.7 Å². The second-order valence-electron chi connectivity index (χ2n) is 9.01. The van der Waals surface area contributed by atoms with Crippen LogP contribution in [0.2, 0.25) is 0 Å². The predicted octanol–water partition coefficient (Wildman–Crippen LogP) is 3.14. The molecule has 1 aliphatic heterocycles. The molecular weight excluding hydrogens is 392 g/mol. The predicted molar refractivity (Wildman–Crippen MR) is 117 cm³/mol. The summed E-state index contributed by atoms with van der Waals surface area (Å²) in [4.78, 5) is 14.5. The lowest BCUT2D eigenvalue weighted by molar-refractivity contribution is -0.152. The number of nitrogens with zero attached hydrogens (tertiary/aromatic N) is 4. The molecule has 7 nitrogen and oxygen atoms in total. The molecular formula is C24H34N4O3. The molecule has 0 amide bonds. The number of aliphatic hydroxyl groups excluding tert-OH is 1. The molecule has 1 saturated carbocycles. The van der Waals surface area contributed by atoms with Gasteiger partial charge in [-0.2, -0.15) is 0 Å². The molecule has 2 aromatic rings. The average molecular weight is 427 g/mol. The number of benzene rings is 1. The van der Waals surface area contributed by atoms with Gasteiger partial charge in [-0.1, -0.05) is 54.8 Å². The van der Waals surface area contributed by atoms with Gasteiger partial charge in [-0.25, -0.2) is 4.68 Å². The first kappa shape index (κ1) is 22.0. The van der Waals surface area contributed by atoms with E-state index in [1.165, 1.54) is 12.0 Å². The second-order valence-corrected chi connectivity index (χ2v) is 9.01. The van der Waals surface area contributed by atoms with Crippen LogP contribution >= 0.6 is 0 Å². The van der Waals surface area contributed by atoms with Crippen molar-refractivity contribution in [2.24, 2.45) is 5.92 Å². The third-order valence-corrected chi connectivity index (χ3v) is 6.58. The number of piperidine rings is 1. The number of aromatic nitrogens is 3. The second kappa shape index (κ2) is 10.9. The zero-order chi connectivity index (χ0) is 21.5. The molecule has 0 bridgehead atoms. The number of hydrogen-bond donors (Lipinski definition) is 1. The van der Waals surface area contributed by atoms with E-state index >= 15 is 0 Å². The topological polar surface area (TPSA) is 80.5 Å². The van der Waals surface area contributed by atoms with Gasteiger partial charge in [-0.05, 0) is 50.3 Å². The highest BCUT2D eigenvalue weighted by molar-refractivity contribution is 5.72. The van der Waals surface area contributed by atoms with Gasteiger partial charge in [0.15, 0.2) is 0 Å². The quantitative estimate of drug-likeness (QED) is 0.653. The summed E-state index contributed by atoms with van der Waals surface area (Å²) in [5.74, 6) is 0.474. The molecule has 2 fully saturated rings. The first-order chi connectivity index (χ1) is 15.2. The van der Waals surface area contributed by atoms with Crippen molar-refractivity contribution in [2.45, 2.75) is 70.1 Å². The van der Waals surface area contributed by atoms with Crippen LogP contribution < -0.4 is 0 Å². The number of likely N-dealkylation sites (tertiary alicyclic amines) is 1. The Kier molecular flexibility index (Phi) is 7.70. The normalized spacial score (nSPS) is 19.9. The van der Waals surface area contributed by atoms with Gasteiger partial charge >= 0.3 is 5.97 Å². The van der Waals surface area contributed by atoms with Crippen LogP contribution in [0.4, 0.5) is 0 Å². The summed E-state index contributed by atoms with van der Waals surface area (Å²) in [6.07, 6.45) is 8.62. The van der Waals surface area contributed by atoms with Crippen molar-refractivity contribution >= 4 is 5.97 Å². The molecule has 168 valence electrons. The monoisotopic (exact) mass is 426 g/mol. The van der Waals surface area contributed by atoms with E-state index in [1.54, 1.807) is 4.68 Å². The summed E-state index contributed by atoms with van der Waals surface area (Å²) in [5, 5.41) is 18.6.